The third-order valence-electron chi connectivity index (χ3n) is 3.36. The van der Waals surface area contributed by atoms with Crippen molar-refractivity contribution in [3.63, 3.8) is 0 Å². The minimum absolute atomic E-state index is 0.485. The summed E-state index contributed by atoms with van der Waals surface area (Å²) in [5, 5.41) is 3.55. The van der Waals surface area contributed by atoms with Crippen LogP contribution in [0.1, 0.15) is 42.0 Å². The Balaban J connectivity index is 2.22. The highest BCUT2D eigenvalue weighted by Crippen LogP contribution is 2.41. The lowest BCUT2D eigenvalue weighted by Gasteiger charge is -2.13. The monoisotopic (exact) mass is 279 g/mol. The summed E-state index contributed by atoms with van der Waals surface area (Å²) in [7, 11) is 0. The molecule has 1 nitrogen and oxygen atoms in total. The molecule has 0 spiro atoms. The average Bonchev–Trinajstić information content (AvgIpc) is 2.54. The van der Waals surface area contributed by atoms with Crippen LogP contribution >= 0.6 is 15.9 Å². The van der Waals surface area contributed by atoms with Gasteiger partial charge in [0.2, 0.25) is 0 Å². The second-order valence-corrected chi connectivity index (χ2v) is 5.79. The molecule has 86 valence electrons. The molecule has 2 atom stereocenters. The number of nitrogens with one attached hydrogen (secondary N) is 1. The molecule has 1 aliphatic rings. The molecule has 1 aromatic carbocycles. The second-order valence-electron chi connectivity index (χ2n) is 4.67. The first-order chi connectivity index (χ1) is 7.59. The molecular weight excluding hydrogens is 262 g/mol. The summed E-state index contributed by atoms with van der Waals surface area (Å²) >= 11 is 3.39. The molecule has 0 saturated heterocycles. The largest absolute Gasteiger partial charge is 0.305 e. The fourth-order valence-electron chi connectivity index (χ4n) is 2.71. The number of aryl methyl sites for hydroxylation is 1. The van der Waals surface area contributed by atoms with Crippen LogP contribution in [0, 0.1) is 6.92 Å². The minimum atomic E-state index is 0.485. The number of hydrogen-bond acceptors (Lipinski definition) is 1. The van der Waals surface area contributed by atoms with Crippen molar-refractivity contribution in [1.82, 2.24) is 5.32 Å². The van der Waals surface area contributed by atoms with Gasteiger partial charge >= 0.3 is 0 Å². The minimum Gasteiger partial charge on any atom is -0.305 e. The van der Waals surface area contributed by atoms with Crippen molar-refractivity contribution in [2.75, 3.05) is 6.54 Å². The maximum atomic E-state index is 3.86. The predicted octanol–water partition coefficient (Wildman–Crippen LogP) is 4.04. The zero-order valence-electron chi connectivity index (χ0n) is 9.89. The van der Waals surface area contributed by atoms with Gasteiger partial charge in [-0.1, -0.05) is 47.6 Å². The van der Waals surface area contributed by atoms with Crippen molar-refractivity contribution >= 4 is 15.9 Å². The van der Waals surface area contributed by atoms with Crippen LogP contribution in [0.4, 0.5) is 0 Å². The molecule has 0 fully saturated rings. The molecule has 1 aromatic rings. The normalized spacial score (nSPS) is 23.2. The van der Waals surface area contributed by atoms with Gasteiger partial charge in [0.25, 0.3) is 0 Å². The Hall–Kier alpha value is -0.600. The van der Waals surface area contributed by atoms with Gasteiger partial charge in [0, 0.05) is 17.1 Å². The second kappa shape index (κ2) is 4.72. The zero-order valence-corrected chi connectivity index (χ0v) is 11.5. The van der Waals surface area contributed by atoms with Crippen molar-refractivity contribution in [1.29, 1.82) is 0 Å². The fraction of sp³-hybridized carbons (Fsp3) is 0.429. The van der Waals surface area contributed by atoms with Crippen LogP contribution in [-0.2, 0) is 0 Å². The summed E-state index contributed by atoms with van der Waals surface area (Å²) in [4.78, 5) is 0. The summed E-state index contributed by atoms with van der Waals surface area (Å²) in [6.07, 6.45) is 1.19. The van der Waals surface area contributed by atoms with Crippen LogP contribution in [0.5, 0.6) is 0 Å². The Morgan fingerprint density at radius 2 is 2.31 bits per heavy atom. The molecule has 1 N–H and O–H groups in total. The highest BCUT2D eigenvalue weighted by atomic mass is 79.9. The molecule has 0 bridgehead atoms. The number of rotatable bonds is 3. The Morgan fingerprint density at radius 3 is 3.00 bits per heavy atom. The van der Waals surface area contributed by atoms with E-state index in [1.807, 2.05) is 0 Å². The highest BCUT2D eigenvalue weighted by molar-refractivity contribution is 9.11. The first kappa shape index (κ1) is 11.9. The van der Waals surface area contributed by atoms with Gasteiger partial charge < -0.3 is 5.32 Å². The predicted molar refractivity (Wildman–Crippen MR) is 73.0 cm³/mol. The topological polar surface area (TPSA) is 12.0 Å². The van der Waals surface area contributed by atoms with Gasteiger partial charge in [-0.25, -0.2) is 0 Å². The number of halogens is 1. The van der Waals surface area contributed by atoms with Crippen LogP contribution in [0.3, 0.4) is 0 Å². The van der Waals surface area contributed by atoms with Crippen molar-refractivity contribution in [2.45, 2.75) is 32.2 Å². The van der Waals surface area contributed by atoms with Gasteiger partial charge in [-0.15, -0.1) is 0 Å². The molecule has 2 heteroatoms. The van der Waals surface area contributed by atoms with Crippen LogP contribution in [-0.4, -0.2) is 6.54 Å². The Kier molecular flexibility index (Phi) is 3.50. The molecule has 2 rings (SSSR count). The van der Waals surface area contributed by atoms with E-state index >= 15 is 0 Å². The van der Waals surface area contributed by atoms with E-state index in [1.165, 1.54) is 17.5 Å². The maximum absolute atomic E-state index is 3.86. The lowest BCUT2D eigenvalue weighted by atomic mass is 9.98. The molecule has 0 amide bonds. The zero-order chi connectivity index (χ0) is 11.7. The highest BCUT2D eigenvalue weighted by Gasteiger charge is 2.28. The summed E-state index contributed by atoms with van der Waals surface area (Å²) in [6, 6.07) is 7.10. The molecule has 0 aromatic heterocycles. The van der Waals surface area contributed by atoms with Crippen LogP contribution < -0.4 is 5.32 Å². The van der Waals surface area contributed by atoms with E-state index in [0.29, 0.717) is 12.0 Å². The van der Waals surface area contributed by atoms with E-state index in [4.69, 9.17) is 0 Å². The fourth-order valence-corrected chi connectivity index (χ4v) is 2.87. The van der Waals surface area contributed by atoms with E-state index in [9.17, 15) is 0 Å². The quantitative estimate of drug-likeness (QED) is 0.881. The van der Waals surface area contributed by atoms with E-state index in [2.05, 4.69) is 59.9 Å². The SMILES string of the molecule is C=C(Br)CNC1CC(C)c2c(C)cccc21. The molecule has 1 aliphatic carbocycles. The van der Waals surface area contributed by atoms with Crippen LogP contribution in [0.25, 0.3) is 0 Å². The Labute approximate surface area is 106 Å². The molecular formula is C14H18BrN. The summed E-state index contributed by atoms with van der Waals surface area (Å²) in [5.74, 6) is 0.664. The molecule has 2 unspecified atom stereocenters. The van der Waals surface area contributed by atoms with Crippen molar-refractivity contribution in [2.24, 2.45) is 0 Å². The van der Waals surface area contributed by atoms with E-state index in [1.54, 1.807) is 5.56 Å². The van der Waals surface area contributed by atoms with Crippen molar-refractivity contribution in [3.05, 3.63) is 46.0 Å². The molecule has 0 radical (unpaired) electrons. The maximum Gasteiger partial charge on any atom is 0.0332 e. The molecule has 0 heterocycles. The molecule has 0 saturated carbocycles. The van der Waals surface area contributed by atoms with Gasteiger partial charge in [0.1, 0.15) is 0 Å². The van der Waals surface area contributed by atoms with Crippen molar-refractivity contribution in [3.8, 4) is 0 Å². The number of benzene rings is 1. The van der Waals surface area contributed by atoms with Gasteiger partial charge in [-0.05, 0) is 36.0 Å². The van der Waals surface area contributed by atoms with Crippen LogP contribution in [0.15, 0.2) is 29.3 Å². The van der Waals surface area contributed by atoms with Crippen LogP contribution in [0.2, 0.25) is 0 Å². The van der Waals surface area contributed by atoms with Gasteiger partial charge in [-0.2, -0.15) is 0 Å². The smallest absolute Gasteiger partial charge is 0.0332 e. The Bertz CT molecular complexity index is 411. The summed E-state index contributed by atoms with van der Waals surface area (Å²) < 4.78 is 1.02. The summed E-state index contributed by atoms with van der Waals surface area (Å²) in [6.45, 7) is 9.23. The third-order valence-corrected chi connectivity index (χ3v) is 3.64. The third kappa shape index (κ3) is 2.23. The van der Waals surface area contributed by atoms with E-state index < -0.39 is 0 Å². The lowest BCUT2D eigenvalue weighted by molar-refractivity contribution is 0.531. The van der Waals surface area contributed by atoms with Gasteiger partial charge in [-0.3, -0.25) is 0 Å². The molecule has 0 aliphatic heterocycles. The molecule has 16 heavy (non-hydrogen) atoms. The first-order valence-electron chi connectivity index (χ1n) is 5.75. The van der Waals surface area contributed by atoms with E-state index in [0.717, 1.165) is 11.0 Å². The van der Waals surface area contributed by atoms with Crippen molar-refractivity contribution < 1.29 is 0 Å². The number of hydrogen-bond donors (Lipinski definition) is 1. The van der Waals surface area contributed by atoms with Gasteiger partial charge in [0.05, 0.1) is 0 Å². The Morgan fingerprint density at radius 1 is 1.56 bits per heavy atom. The van der Waals surface area contributed by atoms with E-state index in [-0.39, 0.29) is 0 Å². The standard InChI is InChI=1S/C14H18BrN/c1-9-5-4-6-12-13(16-8-11(3)15)7-10(2)14(9)12/h4-6,10,13,16H,3,7-8H2,1-2H3. The first-order valence-corrected chi connectivity index (χ1v) is 6.55. The van der Waals surface area contributed by atoms with Gasteiger partial charge in [0.15, 0.2) is 0 Å². The summed E-state index contributed by atoms with van der Waals surface area (Å²) in [5.41, 5.74) is 4.44. The average molecular weight is 280 g/mol. The lowest BCUT2D eigenvalue weighted by Crippen LogP contribution is -2.20. The number of fused-ring (bicyclic) bond motifs is 1.